The molecule has 0 bridgehead atoms. The van der Waals surface area contributed by atoms with Gasteiger partial charge in [-0.2, -0.15) is 0 Å². The highest BCUT2D eigenvalue weighted by atomic mass is 32.2. The van der Waals surface area contributed by atoms with Crippen molar-refractivity contribution in [2.24, 2.45) is 9.50 Å². The van der Waals surface area contributed by atoms with Crippen LogP contribution >= 0.6 is 11.3 Å². The molecule has 0 fully saturated rings. The molecule has 0 saturated carbocycles. The predicted molar refractivity (Wildman–Crippen MR) is 114 cm³/mol. The monoisotopic (exact) mass is 451 g/mol. The fraction of sp³-hybridized carbons (Fsp3) is 0.526. The van der Waals surface area contributed by atoms with Gasteiger partial charge in [0.2, 0.25) is 0 Å². The molecule has 30 heavy (non-hydrogen) atoms. The number of amides is 2. The van der Waals surface area contributed by atoms with Crippen LogP contribution in [0.5, 0.6) is 0 Å². The first-order chi connectivity index (χ1) is 14.1. The molecule has 0 saturated heterocycles. The molecule has 0 aliphatic heterocycles. The first-order valence-electron chi connectivity index (χ1n) is 9.78. The standard InChI is InChI=1S/C19H25N5O4S2/c1-19(2)7-6-11-15(10-4-3-5-12(10)22-16(11)19)23-18(27)24-30(20,28)14-8-21-17(29-14)13(26)9-25/h8,13,25-26H,3-7,9H2,1-2H3,(H3,20,22,23,24,27,28). The van der Waals surface area contributed by atoms with E-state index in [2.05, 4.69) is 28.5 Å². The average Bonchev–Trinajstić information content (AvgIpc) is 3.40. The summed E-state index contributed by atoms with van der Waals surface area (Å²) >= 11 is 0.855. The SMILES string of the molecule is CC1(C)CCc2c1nc1c(c2NC(=O)N=S(N)(=O)c2cnc(C(O)CO)s2)CCC1. The van der Waals surface area contributed by atoms with Gasteiger partial charge in [-0.15, -0.1) is 15.7 Å². The number of aliphatic hydroxyl groups excluding tert-OH is 2. The number of aliphatic hydroxyl groups is 2. The van der Waals surface area contributed by atoms with Gasteiger partial charge in [0.15, 0.2) is 9.92 Å². The number of aromatic nitrogens is 2. The number of nitrogens with two attached hydrogens (primary N) is 1. The van der Waals surface area contributed by atoms with Gasteiger partial charge in [0.1, 0.15) is 15.3 Å². The Labute approximate surface area is 179 Å². The minimum Gasteiger partial charge on any atom is -0.393 e. The zero-order valence-corrected chi connectivity index (χ0v) is 18.5. The number of urea groups is 1. The summed E-state index contributed by atoms with van der Waals surface area (Å²) in [5.41, 5.74) is 4.76. The van der Waals surface area contributed by atoms with Crippen LogP contribution in [0.3, 0.4) is 0 Å². The number of carbonyl (C=O) groups excluding carboxylic acids is 1. The Bertz CT molecular complexity index is 1130. The van der Waals surface area contributed by atoms with E-state index in [0.717, 1.165) is 71.6 Å². The molecule has 11 heteroatoms. The largest absolute Gasteiger partial charge is 0.393 e. The number of fused-ring (bicyclic) bond motifs is 2. The lowest BCUT2D eigenvalue weighted by Gasteiger charge is -2.20. The predicted octanol–water partition coefficient (Wildman–Crippen LogP) is 2.21. The Kier molecular flexibility index (Phi) is 5.43. The molecular formula is C19H25N5O4S2. The van der Waals surface area contributed by atoms with Gasteiger partial charge in [0.05, 0.1) is 24.2 Å². The maximum atomic E-state index is 12.8. The summed E-state index contributed by atoms with van der Waals surface area (Å²) in [4.78, 5) is 21.5. The van der Waals surface area contributed by atoms with E-state index in [1.54, 1.807) is 0 Å². The first-order valence-corrected chi connectivity index (χ1v) is 12.2. The van der Waals surface area contributed by atoms with Crippen molar-refractivity contribution in [3.63, 3.8) is 0 Å². The van der Waals surface area contributed by atoms with Gasteiger partial charge >= 0.3 is 6.03 Å². The van der Waals surface area contributed by atoms with E-state index in [1.165, 1.54) is 6.20 Å². The quantitative estimate of drug-likeness (QED) is 0.559. The van der Waals surface area contributed by atoms with E-state index in [1.807, 2.05) is 0 Å². The molecule has 5 N–H and O–H groups in total. The molecule has 2 aliphatic carbocycles. The van der Waals surface area contributed by atoms with Gasteiger partial charge in [-0.3, -0.25) is 4.98 Å². The van der Waals surface area contributed by atoms with Gasteiger partial charge in [0.25, 0.3) is 0 Å². The molecule has 2 unspecified atom stereocenters. The van der Waals surface area contributed by atoms with Crippen LogP contribution in [0.2, 0.25) is 0 Å². The van der Waals surface area contributed by atoms with Crippen LogP contribution in [0.4, 0.5) is 10.5 Å². The number of nitrogens with zero attached hydrogens (tertiary/aromatic N) is 3. The summed E-state index contributed by atoms with van der Waals surface area (Å²) in [5, 5.41) is 27.5. The van der Waals surface area contributed by atoms with Crippen molar-refractivity contribution >= 4 is 33.0 Å². The molecule has 4 rings (SSSR count). The van der Waals surface area contributed by atoms with E-state index in [-0.39, 0.29) is 14.6 Å². The maximum Gasteiger partial charge on any atom is 0.354 e. The van der Waals surface area contributed by atoms with Crippen LogP contribution in [0.25, 0.3) is 0 Å². The second kappa shape index (κ2) is 7.65. The Balaban J connectivity index is 1.67. The lowest BCUT2D eigenvalue weighted by molar-refractivity contribution is 0.0954. The lowest BCUT2D eigenvalue weighted by atomic mass is 9.90. The van der Waals surface area contributed by atoms with Crippen LogP contribution < -0.4 is 10.5 Å². The Hall–Kier alpha value is -1.92. The fourth-order valence-electron chi connectivity index (χ4n) is 4.07. The summed E-state index contributed by atoms with van der Waals surface area (Å²) in [5.74, 6) is 0. The van der Waals surface area contributed by atoms with Crippen molar-refractivity contribution < 1.29 is 19.2 Å². The minimum absolute atomic E-state index is 0.0580. The molecule has 2 aliphatic rings. The topological polar surface area (TPSA) is 151 Å². The molecule has 9 nitrogen and oxygen atoms in total. The van der Waals surface area contributed by atoms with Crippen molar-refractivity contribution in [3.05, 3.63) is 33.7 Å². The molecule has 2 atom stereocenters. The molecule has 2 aromatic rings. The zero-order chi connectivity index (χ0) is 21.7. The van der Waals surface area contributed by atoms with Crippen molar-refractivity contribution in [2.75, 3.05) is 11.9 Å². The first kappa shape index (κ1) is 21.3. The summed E-state index contributed by atoms with van der Waals surface area (Å²) in [6.45, 7) is 3.78. The Morgan fingerprint density at radius 2 is 2.17 bits per heavy atom. The highest BCUT2D eigenvalue weighted by Gasteiger charge is 2.36. The van der Waals surface area contributed by atoms with Gasteiger partial charge in [-0.05, 0) is 43.2 Å². The van der Waals surface area contributed by atoms with Crippen LogP contribution in [0.15, 0.2) is 14.8 Å². The van der Waals surface area contributed by atoms with Crippen molar-refractivity contribution in [1.29, 1.82) is 0 Å². The zero-order valence-electron chi connectivity index (χ0n) is 16.8. The third-order valence-electron chi connectivity index (χ3n) is 5.66. The van der Waals surface area contributed by atoms with Crippen LogP contribution in [0, 0.1) is 0 Å². The third kappa shape index (κ3) is 3.76. The molecular weight excluding hydrogens is 426 g/mol. The van der Waals surface area contributed by atoms with E-state index in [9.17, 15) is 14.1 Å². The van der Waals surface area contributed by atoms with E-state index in [0.29, 0.717) is 0 Å². The average molecular weight is 452 g/mol. The summed E-state index contributed by atoms with van der Waals surface area (Å²) in [7, 11) is -3.54. The highest BCUT2D eigenvalue weighted by Crippen LogP contribution is 2.44. The number of thiazole rings is 1. The highest BCUT2D eigenvalue weighted by molar-refractivity contribution is 7.93. The molecule has 0 aromatic carbocycles. The lowest BCUT2D eigenvalue weighted by Crippen LogP contribution is -2.19. The number of nitrogens with one attached hydrogen (secondary N) is 1. The fourth-order valence-corrected chi connectivity index (χ4v) is 6.13. The van der Waals surface area contributed by atoms with E-state index >= 15 is 0 Å². The van der Waals surface area contributed by atoms with Gasteiger partial charge in [-0.25, -0.2) is 19.1 Å². The smallest absolute Gasteiger partial charge is 0.354 e. The molecule has 2 aromatic heterocycles. The Morgan fingerprint density at radius 3 is 2.90 bits per heavy atom. The van der Waals surface area contributed by atoms with Crippen LogP contribution in [-0.2, 0) is 34.6 Å². The van der Waals surface area contributed by atoms with Gasteiger partial charge < -0.3 is 15.5 Å². The second-order valence-corrected chi connectivity index (χ2v) is 11.4. The number of pyridine rings is 1. The van der Waals surface area contributed by atoms with Gasteiger partial charge in [0, 0.05) is 11.1 Å². The molecule has 2 heterocycles. The van der Waals surface area contributed by atoms with Crippen molar-refractivity contribution in [2.45, 2.75) is 61.7 Å². The molecule has 162 valence electrons. The number of hydrogen-bond donors (Lipinski definition) is 4. The number of hydrogen-bond acceptors (Lipinski definition) is 7. The van der Waals surface area contributed by atoms with Gasteiger partial charge in [-0.1, -0.05) is 13.8 Å². The normalized spacial score (nSPS) is 19.6. The van der Waals surface area contributed by atoms with E-state index < -0.39 is 28.7 Å². The number of aryl methyl sites for hydroxylation is 1. The summed E-state index contributed by atoms with van der Waals surface area (Å²) in [6.07, 6.45) is 4.47. The number of carbonyl (C=O) groups is 1. The Morgan fingerprint density at radius 1 is 1.40 bits per heavy atom. The minimum atomic E-state index is -3.54. The third-order valence-corrected chi connectivity index (χ3v) is 8.64. The van der Waals surface area contributed by atoms with Crippen LogP contribution in [-0.4, -0.2) is 37.0 Å². The van der Waals surface area contributed by atoms with Crippen molar-refractivity contribution in [1.82, 2.24) is 9.97 Å². The van der Waals surface area contributed by atoms with Crippen LogP contribution in [0.1, 0.15) is 60.3 Å². The number of anilines is 1. The van der Waals surface area contributed by atoms with E-state index in [4.69, 9.17) is 15.2 Å². The molecule has 0 radical (unpaired) electrons. The molecule has 0 spiro atoms. The maximum absolute atomic E-state index is 12.8. The summed E-state index contributed by atoms with van der Waals surface area (Å²) in [6, 6.07) is -0.785. The van der Waals surface area contributed by atoms with Crippen molar-refractivity contribution in [3.8, 4) is 0 Å². The number of rotatable bonds is 4. The molecule has 2 amide bonds. The second-order valence-electron chi connectivity index (χ2n) is 8.28. The summed E-state index contributed by atoms with van der Waals surface area (Å²) < 4.78 is 16.6.